The fourth-order valence-corrected chi connectivity index (χ4v) is 2.42. The highest BCUT2D eigenvalue weighted by atomic mass is 16.5. The Morgan fingerprint density at radius 2 is 2.13 bits per heavy atom. The van der Waals surface area contributed by atoms with Crippen molar-refractivity contribution in [1.82, 2.24) is 0 Å². The molecular weight excluding hydrogens is 186 g/mol. The van der Waals surface area contributed by atoms with E-state index in [1.807, 2.05) is 6.07 Å². The maximum atomic E-state index is 6.54. The topological polar surface area (TPSA) is 35.2 Å². The van der Waals surface area contributed by atoms with Crippen molar-refractivity contribution in [2.75, 3.05) is 13.2 Å². The molecule has 15 heavy (non-hydrogen) atoms. The predicted octanol–water partition coefficient (Wildman–Crippen LogP) is 2.29. The summed E-state index contributed by atoms with van der Waals surface area (Å²) in [5, 5.41) is 0. The zero-order chi connectivity index (χ0) is 10.7. The molecule has 0 spiro atoms. The van der Waals surface area contributed by atoms with Crippen molar-refractivity contribution in [3.8, 4) is 0 Å². The molecule has 0 amide bonds. The lowest BCUT2D eigenvalue weighted by Gasteiger charge is -2.34. The number of ether oxygens (including phenoxy) is 1. The van der Waals surface area contributed by atoms with Gasteiger partial charge in [-0.3, -0.25) is 0 Å². The van der Waals surface area contributed by atoms with Crippen molar-refractivity contribution in [1.29, 1.82) is 0 Å². The summed E-state index contributed by atoms with van der Waals surface area (Å²) in [4.78, 5) is 0. The summed E-state index contributed by atoms with van der Waals surface area (Å²) in [6.45, 7) is 3.82. The largest absolute Gasteiger partial charge is 0.381 e. The maximum Gasteiger partial charge on any atom is 0.0516 e. The van der Waals surface area contributed by atoms with Gasteiger partial charge in [0.25, 0.3) is 0 Å². The first-order valence-electron chi connectivity index (χ1n) is 5.69. The molecule has 0 aliphatic carbocycles. The van der Waals surface area contributed by atoms with Gasteiger partial charge in [0.05, 0.1) is 6.61 Å². The summed E-state index contributed by atoms with van der Waals surface area (Å²) in [5.74, 6) is 0.463. The lowest BCUT2D eigenvalue weighted by atomic mass is 9.76. The van der Waals surface area contributed by atoms with Gasteiger partial charge >= 0.3 is 0 Å². The van der Waals surface area contributed by atoms with E-state index in [-0.39, 0.29) is 5.54 Å². The van der Waals surface area contributed by atoms with Crippen LogP contribution in [0.2, 0.25) is 0 Å². The molecule has 2 unspecified atom stereocenters. The Bertz CT molecular complexity index is 306. The van der Waals surface area contributed by atoms with Gasteiger partial charge in [-0.25, -0.2) is 0 Å². The van der Waals surface area contributed by atoms with E-state index in [9.17, 15) is 0 Å². The first kappa shape index (κ1) is 10.7. The Balaban J connectivity index is 2.28. The molecular formula is C13H19NO. The fourth-order valence-electron chi connectivity index (χ4n) is 2.42. The number of hydrogen-bond acceptors (Lipinski definition) is 2. The SMILES string of the molecule is CCC(N)(c1ccccc1)C1CCOC1. The molecule has 2 atom stereocenters. The van der Waals surface area contributed by atoms with Crippen molar-refractivity contribution in [3.63, 3.8) is 0 Å². The second-order valence-electron chi connectivity index (χ2n) is 4.32. The van der Waals surface area contributed by atoms with E-state index in [1.54, 1.807) is 0 Å². The summed E-state index contributed by atoms with van der Waals surface area (Å²) in [7, 11) is 0. The molecule has 1 aliphatic heterocycles. The molecule has 2 N–H and O–H groups in total. The van der Waals surface area contributed by atoms with Crippen molar-refractivity contribution in [2.45, 2.75) is 25.3 Å². The minimum absolute atomic E-state index is 0.211. The fraction of sp³-hybridized carbons (Fsp3) is 0.538. The third kappa shape index (κ3) is 1.92. The Morgan fingerprint density at radius 1 is 1.40 bits per heavy atom. The third-order valence-electron chi connectivity index (χ3n) is 3.55. The molecule has 1 saturated heterocycles. The molecule has 82 valence electrons. The van der Waals surface area contributed by atoms with E-state index in [4.69, 9.17) is 10.5 Å². The lowest BCUT2D eigenvalue weighted by molar-refractivity contribution is 0.160. The lowest BCUT2D eigenvalue weighted by Crippen LogP contribution is -2.44. The highest BCUT2D eigenvalue weighted by Gasteiger charge is 2.37. The summed E-state index contributed by atoms with van der Waals surface area (Å²) >= 11 is 0. The van der Waals surface area contributed by atoms with Gasteiger partial charge in [-0.15, -0.1) is 0 Å². The normalized spacial score (nSPS) is 25.1. The highest BCUT2D eigenvalue weighted by molar-refractivity contribution is 5.25. The summed E-state index contributed by atoms with van der Waals surface area (Å²) in [5.41, 5.74) is 7.57. The zero-order valence-corrected chi connectivity index (χ0v) is 9.28. The van der Waals surface area contributed by atoms with Crippen LogP contribution in [0.1, 0.15) is 25.3 Å². The molecule has 0 radical (unpaired) electrons. The smallest absolute Gasteiger partial charge is 0.0516 e. The van der Waals surface area contributed by atoms with E-state index in [0.29, 0.717) is 5.92 Å². The molecule has 2 heteroatoms. The number of rotatable bonds is 3. The summed E-state index contributed by atoms with van der Waals surface area (Å²) in [6, 6.07) is 10.4. The van der Waals surface area contributed by atoms with E-state index >= 15 is 0 Å². The van der Waals surface area contributed by atoms with Crippen LogP contribution in [0.4, 0.5) is 0 Å². The van der Waals surface area contributed by atoms with Crippen LogP contribution in [0.3, 0.4) is 0 Å². The van der Waals surface area contributed by atoms with Crippen LogP contribution in [0, 0.1) is 5.92 Å². The molecule has 1 aromatic rings. The van der Waals surface area contributed by atoms with Gasteiger partial charge in [-0.05, 0) is 18.4 Å². The van der Waals surface area contributed by atoms with Gasteiger partial charge in [0.1, 0.15) is 0 Å². The van der Waals surface area contributed by atoms with Gasteiger partial charge in [0, 0.05) is 18.1 Å². The molecule has 1 aliphatic rings. The average molecular weight is 205 g/mol. The van der Waals surface area contributed by atoms with Gasteiger partial charge < -0.3 is 10.5 Å². The van der Waals surface area contributed by atoms with Crippen molar-refractivity contribution in [3.05, 3.63) is 35.9 Å². The van der Waals surface area contributed by atoms with Crippen LogP contribution in [0.15, 0.2) is 30.3 Å². The molecule has 1 fully saturated rings. The second kappa shape index (κ2) is 4.33. The first-order chi connectivity index (χ1) is 7.27. The van der Waals surface area contributed by atoms with Gasteiger partial charge in [-0.2, -0.15) is 0 Å². The van der Waals surface area contributed by atoms with Crippen LogP contribution in [0.5, 0.6) is 0 Å². The first-order valence-corrected chi connectivity index (χ1v) is 5.69. The molecule has 2 rings (SSSR count). The highest BCUT2D eigenvalue weighted by Crippen LogP contribution is 2.35. The predicted molar refractivity (Wildman–Crippen MR) is 61.5 cm³/mol. The average Bonchev–Trinajstić information content (AvgIpc) is 2.83. The number of hydrogen-bond donors (Lipinski definition) is 1. The third-order valence-corrected chi connectivity index (χ3v) is 3.55. The standard InChI is InChI=1S/C13H19NO/c1-2-13(14,12-8-9-15-10-12)11-6-4-3-5-7-11/h3-7,12H,2,8-10,14H2,1H3. The van der Waals surface area contributed by atoms with Crippen molar-refractivity contribution < 1.29 is 4.74 Å². The summed E-state index contributed by atoms with van der Waals surface area (Å²) in [6.07, 6.45) is 2.05. The minimum atomic E-state index is -0.211. The monoisotopic (exact) mass is 205 g/mol. The van der Waals surface area contributed by atoms with Gasteiger partial charge in [0.15, 0.2) is 0 Å². The van der Waals surface area contributed by atoms with E-state index in [2.05, 4.69) is 31.2 Å². The Kier molecular flexibility index (Phi) is 3.08. The van der Waals surface area contributed by atoms with Crippen molar-refractivity contribution >= 4 is 0 Å². The Labute approximate surface area is 91.4 Å². The van der Waals surface area contributed by atoms with Crippen LogP contribution in [-0.2, 0) is 10.3 Å². The van der Waals surface area contributed by atoms with Crippen LogP contribution >= 0.6 is 0 Å². The number of nitrogens with two attached hydrogens (primary N) is 1. The zero-order valence-electron chi connectivity index (χ0n) is 9.28. The second-order valence-corrected chi connectivity index (χ2v) is 4.32. The minimum Gasteiger partial charge on any atom is -0.381 e. The molecule has 0 saturated carbocycles. The van der Waals surface area contributed by atoms with E-state index in [1.165, 1.54) is 5.56 Å². The molecule has 0 aromatic heterocycles. The van der Waals surface area contributed by atoms with Crippen LogP contribution in [0.25, 0.3) is 0 Å². The maximum absolute atomic E-state index is 6.54. The molecule has 2 nitrogen and oxygen atoms in total. The summed E-state index contributed by atoms with van der Waals surface area (Å²) < 4.78 is 5.45. The van der Waals surface area contributed by atoms with Gasteiger partial charge in [-0.1, -0.05) is 37.3 Å². The van der Waals surface area contributed by atoms with E-state index in [0.717, 1.165) is 26.1 Å². The Hall–Kier alpha value is -0.860. The molecule has 1 aromatic carbocycles. The molecule has 0 bridgehead atoms. The quantitative estimate of drug-likeness (QED) is 0.821. The number of benzene rings is 1. The van der Waals surface area contributed by atoms with E-state index < -0.39 is 0 Å². The van der Waals surface area contributed by atoms with Crippen molar-refractivity contribution in [2.24, 2.45) is 11.7 Å². The van der Waals surface area contributed by atoms with Crippen LogP contribution < -0.4 is 5.73 Å². The molecule has 1 heterocycles. The van der Waals surface area contributed by atoms with Gasteiger partial charge in [0.2, 0.25) is 0 Å². The van der Waals surface area contributed by atoms with Crippen LogP contribution in [-0.4, -0.2) is 13.2 Å². The Morgan fingerprint density at radius 3 is 2.67 bits per heavy atom.